The maximum atomic E-state index is 12.7. The van der Waals surface area contributed by atoms with Gasteiger partial charge in [0.15, 0.2) is 5.78 Å². The van der Waals surface area contributed by atoms with Crippen LogP contribution in [0.25, 0.3) is 6.08 Å². The Kier molecular flexibility index (Phi) is 3.06. The molecule has 2 aliphatic carbocycles. The molecule has 25 heavy (non-hydrogen) atoms. The monoisotopic (exact) mass is 336 g/mol. The molecule has 2 aliphatic heterocycles. The van der Waals surface area contributed by atoms with E-state index in [1.165, 1.54) is 0 Å². The van der Waals surface area contributed by atoms with Gasteiger partial charge < -0.3 is 9.47 Å². The van der Waals surface area contributed by atoms with Gasteiger partial charge in [0.05, 0.1) is 18.8 Å². The zero-order chi connectivity index (χ0) is 17.3. The van der Waals surface area contributed by atoms with Gasteiger partial charge in [-0.3, -0.25) is 4.79 Å². The Balaban J connectivity index is 1.66. The van der Waals surface area contributed by atoms with Gasteiger partial charge in [0.25, 0.3) is 0 Å². The molecule has 2 heterocycles. The minimum absolute atomic E-state index is 0.0440. The van der Waals surface area contributed by atoms with E-state index >= 15 is 0 Å². The van der Waals surface area contributed by atoms with Crippen LogP contribution >= 0.6 is 0 Å². The normalized spacial score (nSPS) is 44.9. The molecule has 1 aromatic rings. The van der Waals surface area contributed by atoms with Gasteiger partial charge in [-0.25, -0.2) is 0 Å². The fourth-order valence-corrected chi connectivity index (χ4v) is 5.57. The Morgan fingerprint density at radius 1 is 1.24 bits per heavy atom. The molecule has 5 atom stereocenters. The van der Waals surface area contributed by atoms with Gasteiger partial charge in [-0.15, -0.1) is 0 Å². The van der Waals surface area contributed by atoms with Crippen LogP contribution in [0.3, 0.4) is 0 Å². The summed E-state index contributed by atoms with van der Waals surface area (Å²) in [4.78, 5) is 12.7. The second-order valence-electron chi connectivity index (χ2n) is 8.33. The molecule has 0 unspecified atom stereocenters. The van der Waals surface area contributed by atoms with E-state index in [2.05, 4.69) is 37.3 Å². The fourth-order valence-electron chi connectivity index (χ4n) is 5.57. The molecule has 1 saturated carbocycles. The van der Waals surface area contributed by atoms with Gasteiger partial charge in [-0.1, -0.05) is 49.4 Å². The number of benzene rings is 1. The van der Waals surface area contributed by atoms with Crippen molar-refractivity contribution in [3.63, 3.8) is 0 Å². The Hall–Kier alpha value is -1.71. The van der Waals surface area contributed by atoms with Crippen molar-refractivity contribution >= 4 is 11.9 Å². The second kappa shape index (κ2) is 4.93. The number of ether oxygens (including phenoxy) is 2. The maximum Gasteiger partial charge on any atom is 0.159 e. The Morgan fingerprint density at radius 3 is 2.72 bits per heavy atom. The summed E-state index contributed by atoms with van der Waals surface area (Å²) in [5, 5.41) is 0. The summed E-state index contributed by atoms with van der Waals surface area (Å²) in [6, 6.07) is 10.3. The average Bonchev–Trinajstić information content (AvgIpc) is 3.37. The summed E-state index contributed by atoms with van der Waals surface area (Å²) in [6.45, 7) is 5.00. The third-order valence-corrected chi connectivity index (χ3v) is 7.33. The molecule has 0 radical (unpaired) electrons. The maximum absolute atomic E-state index is 12.7. The van der Waals surface area contributed by atoms with Gasteiger partial charge in [-0.05, 0) is 37.0 Å². The number of Topliss-reactive ketones (excluding diaryl/α,β-unsaturated/α-hetero) is 1. The highest BCUT2D eigenvalue weighted by molar-refractivity contribution is 5.97. The van der Waals surface area contributed by atoms with E-state index < -0.39 is 0 Å². The standard InChI is InChI=1S/C22H24O3/c1-15-12-19-21(13-17(15)23,11-8-16-6-4-3-5-7-16)20(2)10-9-18(25-19)22(20)14-24-22/h3-8,11-12,18-19H,9-10,13-14H2,1-2H3/t18-,19-,20-,21+,22+/m1/s1. The van der Waals surface area contributed by atoms with E-state index in [9.17, 15) is 4.79 Å². The molecule has 3 heteroatoms. The number of hydrogen-bond acceptors (Lipinski definition) is 3. The summed E-state index contributed by atoms with van der Waals surface area (Å²) in [5.74, 6) is 0.236. The summed E-state index contributed by atoms with van der Waals surface area (Å²) in [6.07, 6.45) is 9.19. The third-order valence-electron chi connectivity index (χ3n) is 7.33. The summed E-state index contributed by atoms with van der Waals surface area (Å²) in [7, 11) is 0. The molecule has 2 saturated heterocycles. The van der Waals surface area contributed by atoms with Crippen molar-refractivity contribution in [3.8, 4) is 0 Å². The van der Waals surface area contributed by atoms with E-state index in [1.807, 2.05) is 25.1 Å². The van der Waals surface area contributed by atoms with Crippen molar-refractivity contribution in [1.82, 2.24) is 0 Å². The molecule has 0 amide bonds. The van der Waals surface area contributed by atoms with Crippen molar-refractivity contribution in [2.24, 2.45) is 10.8 Å². The minimum Gasteiger partial charge on any atom is -0.367 e. The summed E-state index contributed by atoms with van der Waals surface area (Å²) in [5.41, 5.74) is 1.41. The SMILES string of the molecule is CC1=C[C@H]2O[C@@H]3CC[C@](C)([C@@]2(C=Cc2ccccc2)CC1=O)[C@]31CO1. The van der Waals surface area contributed by atoms with Crippen LogP contribution in [0.1, 0.15) is 38.7 Å². The second-order valence-corrected chi connectivity index (χ2v) is 8.33. The average molecular weight is 336 g/mol. The fraction of sp³-hybridized carbons (Fsp3) is 0.500. The van der Waals surface area contributed by atoms with Crippen LogP contribution in [0, 0.1) is 10.8 Å². The summed E-state index contributed by atoms with van der Waals surface area (Å²) >= 11 is 0. The lowest BCUT2D eigenvalue weighted by atomic mass is 9.51. The number of hydrogen-bond donors (Lipinski definition) is 0. The van der Waals surface area contributed by atoms with Gasteiger partial charge in [0, 0.05) is 17.3 Å². The first-order valence-corrected chi connectivity index (χ1v) is 9.26. The first-order valence-electron chi connectivity index (χ1n) is 9.26. The lowest BCUT2D eigenvalue weighted by Gasteiger charge is -2.56. The van der Waals surface area contributed by atoms with Crippen LogP contribution in [0.15, 0.2) is 48.1 Å². The van der Waals surface area contributed by atoms with Crippen LogP contribution in [0.2, 0.25) is 0 Å². The molecule has 1 spiro atoms. The molecule has 0 N–H and O–H groups in total. The van der Waals surface area contributed by atoms with Crippen molar-refractivity contribution in [3.05, 3.63) is 53.6 Å². The highest BCUT2D eigenvalue weighted by Gasteiger charge is 2.78. The van der Waals surface area contributed by atoms with E-state index in [4.69, 9.17) is 9.47 Å². The Labute approximate surface area is 148 Å². The molecular weight excluding hydrogens is 312 g/mol. The summed E-state index contributed by atoms with van der Waals surface area (Å²) < 4.78 is 12.6. The quantitative estimate of drug-likeness (QED) is 0.768. The number of rotatable bonds is 2. The molecule has 1 aromatic carbocycles. The molecule has 3 nitrogen and oxygen atoms in total. The van der Waals surface area contributed by atoms with Crippen LogP contribution in [-0.2, 0) is 14.3 Å². The number of fused-ring (bicyclic) bond motifs is 2. The lowest BCUT2D eigenvalue weighted by Crippen LogP contribution is -2.62. The van der Waals surface area contributed by atoms with Crippen LogP contribution in [-0.4, -0.2) is 30.2 Å². The lowest BCUT2D eigenvalue weighted by molar-refractivity contribution is -0.179. The van der Waals surface area contributed by atoms with E-state index in [1.54, 1.807) is 0 Å². The first-order chi connectivity index (χ1) is 12.0. The number of ketones is 1. The van der Waals surface area contributed by atoms with Gasteiger partial charge in [0.2, 0.25) is 0 Å². The molecule has 130 valence electrons. The predicted octanol–water partition coefficient (Wildman–Crippen LogP) is 3.94. The van der Waals surface area contributed by atoms with E-state index in [-0.39, 0.29) is 34.4 Å². The van der Waals surface area contributed by atoms with Gasteiger partial charge in [0.1, 0.15) is 5.60 Å². The number of carbonyl (C=O) groups is 1. The van der Waals surface area contributed by atoms with E-state index in [0.717, 1.165) is 30.6 Å². The number of carbonyl (C=O) groups excluding carboxylic acids is 1. The highest BCUT2D eigenvalue weighted by atomic mass is 16.6. The van der Waals surface area contributed by atoms with Crippen LogP contribution in [0.4, 0.5) is 0 Å². The van der Waals surface area contributed by atoms with Crippen molar-refractivity contribution in [2.75, 3.05) is 6.61 Å². The predicted molar refractivity (Wildman–Crippen MR) is 96.0 cm³/mol. The molecule has 4 aliphatic rings. The zero-order valence-electron chi connectivity index (χ0n) is 14.8. The molecule has 0 aromatic heterocycles. The van der Waals surface area contributed by atoms with Gasteiger partial charge in [-0.2, -0.15) is 0 Å². The number of epoxide rings is 1. The minimum atomic E-state index is -0.330. The molecule has 5 rings (SSSR count). The topological polar surface area (TPSA) is 38.8 Å². The van der Waals surface area contributed by atoms with Crippen LogP contribution < -0.4 is 0 Å². The third kappa shape index (κ3) is 1.86. The molecular formula is C22H24O3. The molecule has 3 fully saturated rings. The molecule has 2 bridgehead atoms. The number of allylic oxidation sites excluding steroid dienone is 1. The highest BCUT2D eigenvalue weighted by Crippen LogP contribution is 2.71. The largest absolute Gasteiger partial charge is 0.367 e. The first kappa shape index (κ1) is 15.5. The van der Waals surface area contributed by atoms with Crippen LogP contribution in [0.5, 0.6) is 0 Å². The van der Waals surface area contributed by atoms with Gasteiger partial charge >= 0.3 is 0 Å². The Morgan fingerprint density at radius 2 is 2.00 bits per heavy atom. The zero-order valence-corrected chi connectivity index (χ0v) is 14.8. The van der Waals surface area contributed by atoms with Crippen molar-refractivity contribution in [2.45, 2.75) is 50.9 Å². The van der Waals surface area contributed by atoms with Crippen molar-refractivity contribution < 1.29 is 14.3 Å². The van der Waals surface area contributed by atoms with Crippen molar-refractivity contribution in [1.29, 1.82) is 0 Å². The Bertz CT molecular complexity index is 789. The van der Waals surface area contributed by atoms with E-state index in [0.29, 0.717) is 6.42 Å². The smallest absolute Gasteiger partial charge is 0.159 e.